The Morgan fingerprint density at radius 2 is 2.29 bits per heavy atom. The van der Waals surface area contributed by atoms with Crippen LogP contribution in [0.1, 0.15) is 12.0 Å². The van der Waals surface area contributed by atoms with Crippen molar-refractivity contribution in [2.24, 2.45) is 0 Å². The molecule has 0 aliphatic carbocycles. The first-order valence-corrected chi connectivity index (χ1v) is 5.48. The highest BCUT2D eigenvalue weighted by Gasteiger charge is 2.13. The predicted molar refractivity (Wildman–Crippen MR) is 70.1 cm³/mol. The summed E-state index contributed by atoms with van der Waals surface area (Å²) in [4.78, 5) is 10.2. The van der Waals surface area contributed by atoms with Crippen molar-refractivity contribution in [2.75, 3.05) is 19.3 Å². The molecule has 0 spiro atoms. The van der Waals surface area contributed by atoms with Crippen LogP contribution in [0.25, 0.3) is 6.08 Å². The zero-order chi connectivity index (χ0) is 12.8. The molecule has 0 aromatic heterocycles. The Bertz CT molecular complexity index is 447. The summed E-state index contributed by atoms with van der Waals surface area (Å²) in [5, 5.41) is 14.1. The lowest BCUT2D eigenvalue weighted by molar-refractivity contribution is -0.383. The molecule has 0 saturated heterocycles. The molecule has 6 heteroatoms. The third-order valence-electron chi connectivity index (χ3n) is 2.20. The molecule has 0 bridgehead atoms. The Balaban J connectivity index is 2.95. The normalized spacial score (nSPS) is 10.9. The van der Waals surface area contributed by atoms with Crippen LogP contribution in [0.15, 0.2) is 18.2 Å². The van der Waals surface area contributed by atoms with Crippen LogP contribution in [0.5, 0.6) is 0 Å². The molecule has 0 amide bonds. The summed E-state index contributed by atoms with van der Waals surface area (Å²) in [6, 6.07) is 2.78. The third kappa shape index (κ3) is 3.72. The number of nitro groups is 1. The predicted octanol–water partition coefficient (Wildman–Crippen LogP) is 2.45. The minimum Gasteiger partial charge on any atom is -0.393 e. The van der Waals surface area contributed by atoms with Gasteiger partial charge in [-0.3, -0.25) is 10.1 Å². The lowest BCUT2D eigenvalue weighted by Gasteiger charge is -2.02. The highest BCUT2D eigenvalue weighted by Crippen LogP contribution is 2.29. The molecular formula is C11H14ClN3O2. The summed E-state index contributed by atoms with van der Waals surface area (Å²) in [6.45, 7) is 0.838. The molecule has 17 heavy (non-hydrogen) atoms. The molecular weight excluding hydrogens is 242 g/mol. The Morgan fingerprint density at radius 3 is 2.88 bits per heavy atom. The maximum Gasteiger partial charge on any atom is 0.292 e. The number of halogens is 1. The summed E-state index contributed by atoms with van der Waals surface area (Å²) in [6.07, 6.45) is 4.48. The molecule has 5 nitrogen and oxygen atoms in total. The summed E-state index contributed by atoms with van der Waals surface area (Å²) in [5.41, 5.74) is 6.06. The van der Waals surface area contributed by atoms with Gasteiger partial charge in [-0.15, -0.1) is 0 Å². The molecule has 1 aromatic carbocycles. The highest BCUT2D eigenvalue weighted by atomic mass is 35.5. The molecule has 0 heterocycles. The number of nitrogens with zero attached hydrogens (tertiary/aromatic N) is 1. The fraction of sp³-hybridized carbons (Fsp3) is 0.273. The summed E-state index contributed by atoms with van der Waals surface area (Å²) < 4.78 is 0. The van der Waals surface area contributed by atoms with Crippen molar-refractivity contribution in [3.63, 3.8) is 0 Å². The fourth-order valence-corrected chi connectivity index (χ4v) is 1.55. The maximum absolute atomic E-state index is 10.7. The van der Waals surface area contributed by atoms with Crippen LogP contribution in [0.2, 0.25) is 5.02 Å². The molecule has 0 unspecified atom stereocenters. The molecule has 0 aliphatic rings. The molecule has 1 rings (SSSR count). The highest BCUT2D eigenvalue weighted by molar-refractivity contribution is 6.32. The van der Waals surface area contributed by atoms with E-state index in [2.05, 4.69) is 5.32 Å². The standard InChI is InChI=1S/C11H14ClN3O2/c1-14-5-3-2-4-8-6-11(15(16)17)10(13)7-9(8)12/h2,4,6-7,14H,3,5,13H2,1H3. The smallest absolute Gasteiger partial charge is 0.292 e. The average molecular weight is 256 g/mol. The van der Waals surface area contributed by atoms with Gasteiger partial charge in [-0.05, 0) is 31.6 Å². The zero-order valence-corrected chi connectivity index (χ0v) is 10.2. The molecule has 0 radical (unpaired) electrons. The number of nitrogens with one attached hydrogen (secondary N) is 1. The third-order valence-corrected chi connectivity index (χ3v) is 2.53. The van der Waals surface area contributed by atoms with Crippen LogP contribution in [0, 0.1) is 10.1 Å². The number of anilines is 1. The van der Waals surface area contributed by atoms with Crippen molar-refractivity contribution < 1.29 is 4.92 Å². The molecule has 3 N–H and O–H groups in total. The van der Waals surface area contributed by atoms with Crippen molar-refractivity contribution in [2.45, 2.75) is 6.42 Å². The minimum absolute atomic E-state index is 0.0763. The van der Waals surface area contributed by atoms with Gasteiger partial charge in [0, 0.05) is 6.07 Å². The van der Waals surface area contributed by atoms with Crippen molar-refractivity contribution in [1.29, 1.82) is 0 Å². The Morgan fingerprint density at radius 1 is 1.59 bits per heavy atom. The molecule has 1 aromatic rings. The average Bonchev–Trinajstić information content (AvgIpc) is 2.26. The van der Waals surface area contributed by atoms with Crippen molar-refractivity contribution in [3.8, 4) is 0 Å². The lowest BCUT2D eigenvalue weighted by atomic mass is 10.1. The van der Waals surface area contributed by atoms with Crippen molar-refractivity contribution in [3.05, 3.63) is 38.9 Å². The van der Waals surface area contributed by atoms with Gasteiger partial charge >= 0.3 is 0 Å². The summed E-state index contributed by atoms with van der Waals surface area (Å²) >= 11 is 5.95. The topological polar surface area (TPSA) is 81.2 Å². The van der Waals surface area contributed by atoms with Gasteiger partial charge in [-0.2, -0.15) is 0 Å². The van der Waals surface area contributed by atoms with Crippen LogP contribution in [-0.4, -0.2) is 18.5 Å². The molecule has 0 fully saturated rings. The van der Waals surface area contributed by atoms with Crippen molar-refractivity contribution in [1.82, 2.24) is 5.32 Å². The molecule has 0 aliphatic heterocycles. The SMILES string of the molecule is CNCCC=Cc1cc([N+](=O)[O-])c(N)cc1Cl. The quantitative estimate of drug-likeness (QED) is 0.366. The van der Waals surface area contributed by atoms with Crippen LogP contribution >= 0.6 is 11.6 Å². The van der Waals surface area contributed by atoms with Gasteiger partial charge in [0.05, 0.1) is 9.95 Å². The second-order valence-corrected chi connectivity index (χ2v) is 3.89. The second-order valence-electron chi connectivity index (χ2n) is 3.48. The monoisotopic (exact) mass is 255 g/mol. The molecule has 92 valence electrons. The first-order valence-electron chi connectivity index (χ1n) is 5.10. The van der Waals surface area contributed by atoms with E-state index < -0.39 is 4.92 Å². The van der Waals surface area contributed by atoms with Gasteiger partial charge in [0.25, 0.3) is 5.69 Å². The Hall–Kier alpha value is -1.59. The van der Waals surface area contributed by atoms with Gasteiger partial charge in [-0.1, -0.05) is 23.8 Å². The first-order chi connectivity index (χ1) is 8.06. The van der Waals surface area contributed by atoms with E-state index in [0.29, 0.717) is 10.6 Å². The van der Waals surface area contributed by atoms with Gasteiger partial charge in [0.1, 0.15) is 5.69 Å². The summed E-state index contributed by atoms with van der Waals surface area (Å²) in [5.74, 6) is 0. The van der Waals surface area contributed by atoms with Crippen LogP contribution in [-0.2, 0) is 0 Å². The number of nitro benzene ring substituents is 1. The van der Waals surface area contributed by atoms with Crippen LogP contribution < -0.4 is 11.1 Å². The second kappa shape index (κ2) is 6.22. The number of hydrogen-bond donors (Lipinski definition) is 2. The van der Waals surface area contributed by atoms with E-state index in [0.717, 1.165) is 13.0 Å². The van der Waals surface area contributed by atoms with E-state index in [1.807, 2.05) is 13.1 Å². The first kappa shape index (κ1) is 13.5. The van der Waals surface area contributed by atoms with Gasteiger partial charge < -0.3 is 11.1 Å². The molecule has 0 saturated carbocycles. The zero-order valence-electron chi connectivity index (χ0n) is 9.44. The number of hydrogen-bond acceptors (Lipinski definition) is 4. The van der Waals surface area contributed by atoms with Gasteiger partial charge in [0.15, 0.2) is 0 Å². The number of rotatable bonds is 5. The molecule has 0 atom stereocenters. The van der Waals surface area contributed by atoms with Gasteiger partial charge in [0.2, 0.25) is 0 Å². The number of benzene rings is 1. The van der Waals surface area contributed by atoms with Gasteiger partial charge in [-0.25, -0.2) is 0 Å². The van der Waals surface area contributed by atoms with Crippen LogP contribution in [0.4, 0.5) is 11.4 Å². The maximum atomic E-state index is 10.7. The Labute approximate surface area is 104 Å². The van der Waals surface area contributed by atoms with Crippen molar-refractivity contribution >= 4 is 29.1 Å². The number of nitrogens with two attached hydrogens (primary N) is 1. The van der Waals surface area contributed by atoms with E-state index in [1.165, 1.54) is 12.1 Å². The Kier molecular flexibility index (Phi) is 4.93. The largest absolute Gasteiger partial charge is 0.393 e. The number of nitrogen functional groups attached to an aromatic ring is 1. The summed E-state index contributed by atoms with van der Waals surface area (Å²) in [7, 11) is 1.86. The van der Waals surface area contributed by atoms with E-state index in [9.17, 15) is 10.1 Å². The van der Waals surface area contributed by atoms with E-state index in [4.69, 9.17) is 17.3 Å². The van der Waals surface area contributed by atoms with Crippen LogP contribution in [0.3, 0.4) is 0 Å². The van der Waals surface area contributed by atoms with E-state index in [-0.39, 0.29) is 11.4 Å². The minimum atomic E-state index is -0.517. The van der Waals surface area contributed by atoms with E-state index >= 15 is 0 Å². The lowest BCUT2D eigenvalue weighted by Crippen LogP contribution is -2.05. The fourth-order valence-electron chi connectivity index (χ4n) is 1.32. The van der Waals surface area contributed by atoms with E-state index in [1.54, 1.807) is 6.08 Å².